The van der Waals surface area contributed by atoms with E-state index in [1.165, 1.54) is 58.5 Å². The van der Waals surface area contributed by atoms with Gasteiger partial charge in [-0.2, -0.15) is 0 Å². The van der Waals surface area contributed by atoms with E-state index in [-0.39, 0.29) is 5.54 Å². The number of hydrogen-bond acceptors (Lipinski definition) is 4. The van der Waals surface area contributed by atoms with Crippen molar-refractivity contribution < 1.29 is 0 Å². The van der Waals surface area contributed by atoms with Gasteiger partial charge in [0.2, 0.25) is 0 Å². The zero-order chi connectivity index (χ0) is 19.0. The van der Waals surface area contributed by atoms with Gasteiger partial charge in [0.15, 0.2) is 5.96 Å². The lowest BCUT2D eigenvalue weighted by Crippen LogP contribution is -2.55. The van der Waals surface area contributed by atoms with E-state index in [0.717, 1.165) is 25.6 Å². The van der Waals surface area contributed by atoms with Crippen molar-refractivity contribution in [2.45, 2.75) is 45.6 Å². The standard InChI is InChI=1S/C20H42N6/c1-18(16-25-13-11-24(5)12-14-25)15-22-19(21-4)23-17-20(2,3)26-9-7-6-8-10-26/h18H,6-17H2,1-5H3,(H2,21,22,23). The Bertz CT molecular complexity index is 422. The van der Waals surface area contributed by atoms with Crippen LogP contribution in [0.3, 0.4) is 0 Å². The van der Waals surface area contributed by atoms with Gasteiger partial charge in [-0.05, 0) is 52.7 Å². The summed E-state index contributed by atoms with van der Waals surface area (Å²) in [5.41, 5.74) is 0.170. The molecule has 0 spiro atoms. The fourth-order valence-electron chi connectivity index (χ4n) is 3.94. The summed E-state index contributed by atoms with van der Waals surface area (Å²) in [6.45, 7) is 17.3. The van der Waals surface area contributed by atoms with Crippen molar-refractivity contribution in [2.75, 3.05) is 73.0 Å². The highest BCUT2D eigenvalue weighted by atomic mass is 15.3. The van der Waals surface area contributed by atoms with Gasteiger partial charge in [-0.3, -0.25) is 9.89 Å². The zero-order valence-corrected chi connectivity index (χ0v) is 17.9. The van der Waals surface area contributed by atoms with Gasteiger partial charge in [-0.25, -0.2) is 0 Å². The molecule has 2 N–H and O–H groups in total. The number of guanidine groups is 1. The Balaban J connectivity index is 1.68. The molecule has 0 amide bonds. The third-order valence-corrected chi connectivity index (χ3v) is 5.91. The highest BCUT2D eigenvalue weighted by Crippen LogP contribution is 2.19. The lowest BCUT2D eigenvalue weighted by atomic mass is 9.98. The van der Waals surface area contributed by atoms with Crippen LogP contribution in [0.25, 0.3) is 0 Å². The monoisotopic (exact) mass is 366 g/mol. The van der Waals surface area contributed by atoms with Gasteiger partial charge in [-0.1, -0.05) is 13.3 Å². The van der Waals surface area contributed by atoms with Crippen LogP contribution in [0.4, 0.5) is 0 Å². The molecule has 0 saturated carbocycles. The first-order valence-electron chi connectivity index (χ1n) is 10.5. The summed E-state index contributed by atoms with van der Waals surface area (Å²) < 4.78 is 0. The number of piperidine rings is 1. The molecule has 1 unspecified atom stereocenters. The number of likely N-dealkylation sites (N-methyl/N-ethyl adjacent to an activating group) is 1. The highest BCUT2D eigenvalue weighted by molar-refractivity contribution is 5.79. The van der Waals surface area contributed by atoms with Crippen LogP contribution in [-0.4, -0.2) is 99.2 Å². The first-order valence-corrected chi connectivity index (χ1v) is 10.5. The minimum Gasteiger partial charge on any atom is -0.356 e. The first kappa shape index (κ1) is 21.5. The molecule has 6 heteroatoms. The first-order chi connectivity index (χ1) is 12.4. The number of aliphatic imine (C=N–C) groups is 1. The van der Waals surface area contributed by atoms with E-state index in [1.807, 2.05) is 7.05 Å². The molecular formula is C20H42N6. The normalized spacial score (nSPS) is 23.0. The Kier molecular flexibility index (Phi) is 8.64. The van der Waals surface area contributed by atoms with E-state index in [4.69, 9.17) is 0 Å². The van der Waals surface area contributed by atoms with Crippen molar-refractivity contribution in [3.05, 3.63) is 0 Å². The molecule has 2 rings (SSSR count). The van der Waals surface area contributed by atoms with Gasteiger partial charge >= 0.3 is 0 Å². The van der Waals surface area contributed by atoms with Gasteiger partial charge in [0.05, 0.1) is 0 Å². The maximum atomic E-state index is 4.42. The molecule has 2 heterocycles. The summed E-state index contributed by atoms with van der Waals surface area (Å²) in [6, 6.07) is 0. The van der Waals surface area contributed by atoms with Crippen LogP contribution < -0.4 is 10.6 Å². The van der Waals surface area contributed by atoms with Crippen LogP contribution in [0.15, 0.2) is 4.99 Å². The van der Waals surface area contributed by atoms with E-state index in [2.05, 4.69) is 58.1 Å². The Hall–Kier alpha value is -0.850. The fraction of sp³-hybridized carbons (Fsp3) is 0.950. The molecule has 26 heavy (non-hydrogen) atoms. The van der Waals surface area contributed by atoms with Crippen molar-refractivity contribution in [1.82, 2.24) is 25.3 Å². The van der Waals surface area contributed by atoms with Crippen LogP contribution in [-0.2, 0) is 0 Å². The fourth-order valence-corrected chi connectivity index (χ4v) is 3.94. The van der Waals surface area contributed by atoms with Crippen molar-refractivity contribution >= 4 is 5.96 Å². The molecule has 0 aromatic rings. The molecule has 0 aromatic carbocycles. The maximum absolute atomic E-state index is 4.42. The smallest absolute Gasteiger partial charge is 0.191 e. The minimum atomic E-state index is 0.170. The molecule has 2 aliphatic heterocycles. The van der Waals surface area contributed by atoms with Crippen LogP contribution in [0.1, 0.15) is 40.0 Å². The summed E-state index contributed by atoms with van der Waals surface area (Å²) in [5.74, 6) is 1.55. The van der Waals surface area contributed by atoms with Crippen LogP contribution in [0.2, 0.25) is 0 Å². The van der Waals surface area contributed by atoms with Crippen molar-refractivity contribution in [3.63, 3.8) is 0 Å². The van der Waals surface area contributed by atoms with Gasteiger partial charge < -0.3 is 20.4 Å². The van der Waals surface area contributed by atoms with Crippen molar-refractivity contribution in [3.8, 4) is 0 Å². The Morgan fingerprint density at radius 2 is 1.65 bits per heavy atom. The van der Waals surface area contributed by atoms with Gasteiger partial charge in [0, 0.05) is 58.4 Å². The molecule has 152 valence electrons. The number of rotatable bonds is 7. The van der Waals surface area contributed by atoms with E-state index in [1.54, 1.807) is 0 Å². The summed E-state index contributed by atoms with van der Waals surface area (Å²) in [5, 5.41) is 7.08. The van der Waals surface area contributed by atoms with Crippen LogP contribution in [0.5, 0.6) is 0 Å². The SMILES string of the molecule is CN=C(NCC(C)CN1CCN(C)CC1)NCC(C)(C)N1CCCCC1. The third kappa shape index (κ3) is 7.05. The largest absolute Gasteiger partial charge is 0.356 e. The molecule has 0 radical (unpaired) electrons. The van der Waals surface area contributed by atoms with Gasteiger partial charge in [0.25, 0.3) is 0 Å². The summed E-state index contributed by atoms with van der Waals surface area (Å²) in [6.07, 6.45) is 4.05. The maximum Gasteiger partial charge on any atom is 0.191 e. The van der Waals surface area contributed by atoms with E-state index in [0.29, 0.717) is 5.92 Å². The van der Waals surface area contributed by atoms with E-state index in [9.17, 15) is 0 Å². The molecule has 2 saturated heterocycles. The lowest BCUT2D eigenvalue weighted by Gasteiger charge is -2.41. The molecule has 0 aliphatic carbocycles. The van der Waals surface area contributed by atoms with Crippen LogP contribution >= 0.6 is 0 Å². The van der Waals surface area contributed by atoms with Gasteiger partial charge in [0.1, 0.15) is 0 Å². The molecule has 0 bridgehead atoms. The average molecular weight is 367 g/mol. The van der Waals surface area contributed by atoms with E-state index >= 15 is 0 Å². The minimum absolute atomic E-state index is 0.170. The van der Waals surface area contributed by atoms with Crippen LogP contribution in [0, 0.1) is 5.92 Å². The summed E-state index contributed by atoms with van der Waals surface area (Å²) in [7, 11) is 4.08. The number of piperazine rings is 1. The number of hydrogen-bond donors (Lipinski definition) is 2. The molecule has 2 aliphatic rings. The quantitative estimate of drug-likeness (QED) is 0.525. The molecular weight excluding hydrogens is 324 g/mol. The lowest BCUT2D eigenvalue weighted by molar-refractivity contribution is 0.0982. The second kappa shape index (κ2) is 10.5. The molecule has 2 fully saturated rings. The zero-order valence-electron chi connectivity index (χ0n) is 17.9. The molecule has 1 atom stereocenters. The predicted octanol–water partition coefficient (Wildman–Crippen LogP) is 1.30. The number of nitrogens with one attached hydrogen (secondary N) is 2. The second-order valence-corrected chi connectivity index (χ2v) is 8.88. The number of nitrogens with zero attached hydrogens (tertiary/aromatic N) is 4. The second-order valence-electron chi connectivity index (χ2n) is 8.88. The summed E-state index contributed by atoms with van der Waals surface area (Å²) >= 11 is 0. The van der Waals surface area contributed by atoms with Crippen molar-refractivity contribution in [2.24, 2.45) is 10.9 Å². The Morgan fingerprint density at radius 3 is 2.27 bits per heavy atom. The average Bonchev–Trinajstić information content (AvgIpc) is 2.64. The molecule has 0 aromatic heterocycles. The predicted molar refractivity (Wildman–Crippen MR) is 112 cm³/mol. The summed E-state index contributed by atoms with van der Waals surface area (Å²) in [4.78, 5) is 12.0. The van der Waals surface area contributed by atoms with E-state index < -0.39 is 0 Å². The molecule has 6 nitrogen and oxygen atoms in total. The topological polar surface area (TPSA) is 46.1 Å². The Labute approximate surface area is 161 Å². The van der Waals surface area contributed by atoms with Crippen molar-refractivity contribution in [1.29, 1.82) is 0 Å². The Morgan fingerprint density at radius 1 is 1.00 bits per heavy atom. The highest BCUT2D eigenvalue weighted by Gasteiger charge is 2.28. The van der Waals surface area contributed by atoms with Gasteiger partial charge in [-0.15, -0.1) is 0 Å². The third-order valence-electron chi connectivity index (χ3n) is 5.91. The number of likely N-dealkylation sites (tertiary alicyclic amines) is 1.